The standard InChI is InChI=1S/C20H24N4O2/c1-14-9-11-24(12-10-14)19-8-3-16(13-21-19)20(26)23-18-6-4-17(5-7-18)22-15(2)25/h3-8,13-14H,9-12H2,1-2H3,(H,22,25)(H,23,26). The van der Waals surface area contributed by atoms with Crippen LogP contribution in [0, 0.1) is 5.92 Å². The summed E-state index contributed by atoms with van der Waals surface area (Å²) in [6.45, 7) is 5.76. The van der Waals surface area contributed by atoms with Gasteiger partial charge in [-0.3, -0.25) is 9.59 Å². The number of anilines is 3. The second-order valence-corrected chi connectivity index (χ2v) is 6.79. The summed E-state index contributed by atoms with van der Waals surface area (Å²) in [5, 5.41) is 5.53. The van der Waals surface area contributed by atoms with E-state index in [9.17, 15) is 9.59 Å². The molecule has 2 N–H and O–H groups in total. The van der Waals surface area contributed by atoms with Gasteiger partial charge < -0.3 is 15.5 Å². The van der Waals surface area contributed by atoms with Gasteiger partial charge in [-0.2, -0.15) is 0 Å². The van der Waals surface area contributed by atoms with Crippen molar-refractivity contribution in [2.75, 3.05) is 28.6 Å². The fraction of sp³-hybridized carbons (Fsp3) is 0.350. The van der Waals surface area contributed by atoms with Crippen molar-refractivity contribution in [1.29, 1.82) is 0 Å². The summed E-state index contributed by atoms with van der Waals surface area (Å²) in [5.41, 5.74) is 1.88. The summed E-state index contributed by atoms with van der Waals surface area (Å²) in [4.78, 5) is 30.1. The van der Waals surface area contributed by atoms with Gasteiger partial charge >= 0.3 is 0 Å². The molecule has 1 aromatic carbocycles. The molecule has 1 fully saturated rings. The van der Waals surface area contributed by atoms with Crippen LogP contribution in [0.4, 0.5) is 17.2 Å². The van der Waals surface area contributed by atoms with Crippen molar-refractivity contribution in [2.24, 2.45) is 5.92 Å². The van der Waals surface area contributed by atoms with E-state index in [1.54, 1.807) is 36.5 Å². The SMILES string of the molecule is CC(=O)Nc1ccc(NC(=O)c2ccc(N3CCC(C)CC3)nc2)cc1. The molecular weight excluding hydrogens is 328 g/mol. The van der Waals surface area contributed by atoms with Crippen LogP contribution in [0.1, 0.15) is 37.0 Å². The van der Waals surface area contributed by atoms with Crippen LogP contribution in [0.2, 0.25) is 0 Å². The molecule has 0 spiro atoms. The number of carbonyl (C=O) groups excluding carboxylic acids is 2. The van der Waals surface area contributed by atoms with E-state index in [1.807, 2.05) is 6.07 Å². The molecule has 1 aromatic heterocycles. The Bertz CT molecular complexity index is 763. The molecule has 6 heteroatoms. The highest BCUT2D eigenvalue weighted by Crippen LogP contribution is 2.21. The molecule has 0 radical (unpaired) electrons. The summed E-state index contributed by atoms with van der Waals surface area (Å²) < 4.78 is 0. The number of hydrogen-bond donors (Lipinski definition) is 2. The van der Waals surface area contributed by atoms with Gasteiger partial charge in [0.05, 0.1) is 5.56 Å². The van der Waals surface area contributed by atoms with Crippen molar-refractivity contribution < 1.29 is 9.59 Å². The fourth-order valence-corrected chi connectivity index (χ4v) is 2.99. The summed E-state index contributed by atoms with van der Waals surface area (Å²) in [6, 6.07) is 10.7. The first-order chi connectivity index (χ1) is 12.5. The summed E-state index contributed by atoms with van der Waals surface area (Å²) in [7, 11) is 0. The number of rotatable bonds is 4. The van der Waals surface area contributed by atoms with Crippen LogP contribution in [0.5, 0.6) is 0 Å². The number of aromatic nitrogens is 1. The lowest BCUT2D eigenvalue weighted by Crippen LogP contribution is -2.33. The Kier molecular flexibility index (Phi) is 5.51. The van der Waals surface area contributed by atoms with Crippen LogP contribution in [0.25, 0.3) is 0 Å². The van der Waals surface area contributed by atoms with Gasteiger partial charge in [0.15, 0.2) is 0 Å². The molecule has 0 bridgehead atoms. The van der Waals surface area contributed by atoms with Gasteiger partial charge in [-0.15, -0.1) is 0 Å². The topological polar surface area (TPSA) is 74.3 Å². The van der Waals surface area contributed by atoms with Gasteiger partial charge in [0.25, 0.3) is 5.91 Å². The number of hydrogen-bond acceptors (Lipinski definition) is 4. The number of benzene rings is 1. The molecule has 2 heterocycles. The van der Waals surface area contributed by atoms with Crippen molar-refractivity contribution in [3.8, 4) is 0 Å². The molecule has 1 saturated heterocycles. The van der Waals surface area contributed by atoms with E-state index >= 15 is 0 Å². The molecule has 0 aliphatic carbocycles. The maximum absolute atomic E-state index is 12.4. The smallest absolute Gasteiger partial charge is 0.257 e. The molecular formula is C20H24N4O2. The van der Waals surface area contributed by atoms with Crippen LogP contribution in [-0.4, -0.2) is 29.9 Å². The third-order valence-electron chi connectivity index (χ3n) is 4.58. The largest absolute Gasteiger partial charge is 0.357 e. The minimum Gasteiger partial charge on any atom is -0.357 e. The van der Waals surface area contributed by atoms with E-state index in [2.05, 4.69) is 27.4 Å². The van der Waals surface area contributed by atoms with E-state index in [-0.39, 0.29) is 11.8 Å². The predicted molar refractivity (Wildman–Crippen MR) is 104 cm³/mol. The highest BCUT2D eigenvalue weighted by molar-refractivity contribution is 6.04. The molecule has 26 heavy (non-hydrogen) atoms. The highest BCUT2D eigenvalue weighted by Gasteiger charge is 2.17. The third-order valence-corrected chi connectivity index (χ3v) is 4.58. The normalized spacial score (nSPS) is 14.8. The lowest BCUT2D eigenvalue weighted by Gasteiger charge is -2.31. The Morgan fingerprint density at radius 2 is 1.62 bits per heavy atom. The van der Waals surface area contributed by atoms with Crippen LogP contribution in [-0.2, 0) is 4.79 Å². The van der Waals surface area contributed by atoms with Gasteiger partial charge in [-0.25, -0.2) is 4.98 Å². The lowest BCUT2D eigenvalue weighted by molar-refractivity contribution is -0.114. The van der Waals surface area contributed by atoms with Gasteiger partial charge in [0, 0.05) is 37.6 Å². The summed E-state index contributed by atoms with van der Waals surface area (Å²) >= 11 is 0. The fourth-order valence-electron chi connectivity index (χ4n) is 2.99. The number of nitrogens with one attached hydrogen (secondary N) is 2. The van der Waals surface area contributed by atoms with Crippen LogP contribution in [0.15, 0.2) is 42.6 Å². The van der Waals surface area contributed by atoms with Crippen LogP contribution < -0.4 is 15.5 Å². The Hall–Kier alpha value is -2.89. The average molecular weight is 352 g/mol. The minimum absolute atomic E-state index is 0.129. The zero-order chi connectivity index (χ0) is 18.5. The maximum Gasteiger partial charge on any atom is 0.257 e. The number of piperidine rings is 1. The molecule has 136 valence electrons. The lowest BCUT2D eigenvalue weighted by atomic mass is 9.99. The monoisotopic (exact) mass is 352 g/mol. The first-order valence-electron chi connectivity index (χ1n) is 8.91. The van der Waals surface area contributed by atoms with Crippen molar-refractivity contribution in [2.45, 2.75) is 26.7 Å². The van der Waals surface area contributed by atoms with Crippen LogP contribution >= 0.6 is 0 Å². The molecule has 6 nitrogen and oxygen atoms in total. The molecule has 2 aromatic rings. The first-order valence-corrected chi connectivity index (χ1v) is 8.91. The molecule has 1 aliphatic rings. The summed E-state index contributed by atoms with van der Waals surface area (Å²) in [6.07, 6.45) is 3.98. The second kappa shape index (κ2) is 7.99. The number of pyridine rings is 1. The molecule has 0 saturated carbocycles. The second-order valence-electron chi connectivity index (χ2n) is 6.79. The van der Waals surface area contributed by atoms with E-state index in [1.165, 1.54) is 19.8 Å². The number of amides is 2. The third kappa shape index (κ3) is 4.59. The number of carbonyl (C=O) groups is 2. The van der Waals surface area contributed by atoms with E-state index in [4.69, 9.17) is 0 Å². The average Bonchev–Trinajstić information content (AvgIpc) is 2.64. The van der Waals surface area contributed by atoms with Crippen molar-refractivity contribution >= 4 is 29.0 Å². The minimum atomic E-state index is -0.205. The van der Waals surface area contributed by atoms with E-state index < -0.39 is 0 Å². The zero-order valence-corrected chi connectivity index (χ0v) is 15.2. The molecule has 0 unspecified atom stereocenters. The Morgan fingerprint density at radius 1 is 1.00 bits per heavy atom. The van der Waals surface area contributed by atoms with Crippen LogP contribution in [0.3, 0.4) is 0 Å². The van der Waals surface area contributed by atoms with E-state index in [0.29, 0.717) is 16.9 Å². The van der Waals surface area contributed by atoms with Crippen molar-refractivity contribution in [3.05, 3.63) is 48.2 Å². The predicted octanol–water partition coefficient (Wildman–Crippen LogP) is 3.53. The van der Waals surface area contributed by atoms with Gasteiger partial charge in [-0.1, -0.05) is 6.92 Å². The molecule has 1 aliphatic heterocycles. The van der Waals surface area contributed by atoms with Gasteiger partial charge in [-0.05, 0) is 55.2 Å². The molecule has 0 atom stereocenters. The molecule has 3 rings (SSSR count). The number of nitrogens with zero attached hydrogens (tertiary/aromatic N) is 2. The Morgan fingerprint density at radius 3 is 2.15 bits per heavy atom. The maximum atomic E-state index is 12.4. The highest BCUT2D eigenvalue weighted by atomic mass is 16.2. The van der Waals surface area contributed by atoms with Crippen molar-refractivity contribution in [3.63, 3.8) is 0 Å². The Balaban J connectivity index is 1.60. The summed E-state index contributed by atoms with van der Waals surface area (Å²) in [5.74, 6) is 1.36. The quantitative estimate of drug-likeness (QED) is 0.883. The van der Waals surface area contributed by atoms with Crippen molar-refractivity contribution in [1.82, 2.24) is 4.98 Å². The first kappa shape index (κ1) is 17.9. The van der Waals surface area contributed by atoms with E-state index in [0.717, 1.165) is 24.8 Å². The van der Waals surface area contributed by atoms with Gasteiger partial charge in [0.1, 0.15) is 5.82 Å². The van der Waals surface area contributed by atoms with Gasteiger partial charge in [0.2, 0.25) is 5.91 Å². The zero-order valence-electron chi connectivity index (χ0n) is 15.2. The molecule has 2 amide bonds. The Labute approximate surface area is 153 Å².